The van der Waals surface area contributed by atoms with Gasteiger partial charge in [0.2, 0.25) is 5.43 Å². The lowest BCUT2D eigenvalue weighted by molar-refractivity contribution is 0.0773. The number of H-pyrrole nitrogens is 1. The smallest absolute Gasteiger partial charge is 0.253 e. The molecule has 0 radical (unpaired) electrons. The van der Waals surface area contributed by atoms with Gasteiger partial charge in [0.25, 0.3) is 5.91 Å². The number of halogens is 1. The van der Waals surface area contributed by atoms with E-state index in [-0.39, 0.29) is 16.4 Å². The number of carbonyl (C=O) groups is 1. The first-order chi connectivity index (χ1) is 14.8. The summed E-state index contributed by atoms with van der Waals surface area (Å²) >= 11 is 6.14. The van der Waals surface area contributed by atoms with E-state index in [1.54, 1.807) is 6.92 Å². The van der Waals surface area contributed by atoms with Gasteiger partial charge in [-0.05, 0) is 56.5 Å². The van der Waals surface area contributed by atoms with Crippen LogP contribution in [0, 0.1) is 13.8 Å². The summed E-state index contributed by atoms with van der Waals surface area (Å²) < 4.78 is 0. The molecule has 0 aliphatic heterocycles. The van der Waals surface area contributed by atoms with Crippen LogP contribution in [-0.2, 0) is 0 Å². The van der Waals surface area contributed by atoms with Gasteiger partial charge in [0.15, 0.2) is 0 Å². The van der Waals surface area contributed by atoms with Crippen LogP contribution in [0.15, 0.2) is 53.3 Å². The molecule has 0 aliphatic carbocycles. The van der Waals surface area contributed by atoms with Gasteiger partial charge in [-0.15, -0.1) is 0 Å². The van der Waals surface area contributed by atoms with Crippen molar-refractivity contribution < 1.29 is 4.79 Å². The number of aromatic nitrogens is 1. The summed E-state index contributed by atoms with van der Waals surface area (Å²) in [7, 11) is 0. The molecule has 0 unspecified atom stereocenters. The number of aromatic amines is 1. The average molecular weight is 435 g/mol. The number of aryl methyl sites for hydroxylation is 2. The summed E-state index contributed by atoms with van der Waals surface area (Å²) in [6.45, 7) is 9.01. The fourth-order valence-electron chi connectivity index (χ4n) is 3.62. The monoisotopic (exact) mass is 434 g/mol. The molecule has 160 valence electrons. The number of rotatable bonds is 6. The van der Waals surface area contributed by atoms with Crippen molar-refractivity contribution in [2.24, 2.45) is 0 Å². The molecular formula is C26H27ClN2O2. The van der Waals surface area contributed by atoms with Crippen molar-refractivity contribution in [2.75, 3.05) is 13.1 Å². The summed E-state index contributed by atoms with van der Waals surface area (Å²) in [4.78, 5) is 30.1. The van der Waals surface area contributed by atoms with Crippen LogP contribution in [0.5, 0.6) is 0 Å². The van der Waals surface area contributed by atoms with Crippen LogP contribution in [0.3, 0.4) is 0 Å². The van der Waals surface area contributed by atoms with E-state index in [9.17, 15) is 9.59 Å². The molecule has 4 nitrogen and oxygen atoms in total. The molecule has 0 bridgehead atoms. The van der Waals surface area contributed by atoms with Gasteiger partial charge in [0.1, 0.15) is 5.02 Å². The molecule has 0 spiro atoms. The molecule has 0 saturated heterocycles. The number of amides is 1. The number of benzene rings is 2. The summed E-state index contributed by atoms with van der Waals surface area (Å²) in [6, 6.07) is 15.4. The highest BCUT2D eigenvalue weighted by Gasteiger charge is 2.13. The zero-order valence-electron chi connectivity index (χ0n) is 18.3. The van der Waals surface area contributed by atoms with Gasteiger partial charge < -0.3 is 9.88 Å². The predicted octanol–water partition coefficient (Wildman–Crippen LogP) is 5.96. The van der Waals surface area contributed by atoms with E-state index >= 15 is 0 Å². The molecule has 3 aromatic rings. The largest absolute Gasteiger partial charge is 0.361 e. The Morgan fingerprint density at radius 2 is 1.61 bits per heavy atom. The van der Waals surface area contributed by atoms with E-state index in [0.717, 1.165) is 22.4 Å². The Morgan fingerprint density at radius 1 is 0.968 bits per heavy atom. The predicted molar refractivity (Wildman–Crippen MR) is 130 cm³/mol. The molecule has 31 heavy (non-hydrogen) atoms. The minimum Gasteiger partial charge on any atom is -0.361 e. The third-order valence-electron chi connectivity index (χ3n) is 5.36. The molecule has 1 aromatic heterocycles. The zero-order valence-corrected chi connectivity index (χ0v) is 19.1. The Labute approximate surface area is 188 Å². The summed E-state index contributed by atoms with van der Waals surface area (Å²) in [5.74, 6) is 0.0435. The Morgan fingerprint density at radius 3 is 2.26 bits per heavy atom. The van der Waals surface area contributed by atoms with Crippen LogP contribution >= 0.6 is 11.6 Å². The lowest BCUT2D eigenvalue weighted by Crippen LogP contribution is -2.30. The topological polar surface area (TPSA) is 53.2 Å². The fourth-order valence-corrected chi connectivity index (χ4v) is 3.76. The van der Waals surface area contributed by atoms with Crippen molar-refractivity contribution in [3.05, 3.63) is 91.9 Å². The second kappa shape index (κ2) is 9.80. The van der Waals surface area contributed by atoms with Crippen molar-refractivity contribution in [2.45, 2.75) is 27.7 Å². The van der Waals surface area contributed by atoms with Crippen LogP contribution < -0.4 is 5.43 Å². The SMILES string of the molecule is CCN(CC)C(=O)c1cccc(/C=C/c2ccc(-c3c(C)[nH]c(C)c(Cl)c3=O)cc2)c1. The van der Waals surface area contributed by atoms with E-state index < -0.39 is 0 Å². The molecule has 1 N–H and O–H groups in total. The third-order valence-corrected chi connectivity index (χ3v) is 5.81. The van der Waals surface area contributed by atoms with Crippen molar-refractivity contribution in [1.29, 1.82) is 0 Å². The number of nitrogens with one attached hydrogen (secondary N) is 1. The van der Waals surface area contributed by atoms with Crippen molar-refractivity contribution >= 4 is 29.7 Å². The van der Waals surface area contributed by atoms with E-state index in [4.69, 9.17) is 11.6 Å². The number of pyridine rings is 1. The maximum absolute atomic E-state index is 12.6. The third kappa shape index (κ3) is 4.97. The van der Waals surface area contributed by atoms with Crippen LogP contribution in [0.25, 0.3) is 23.3 Å². The van der Waals surface area contributed by atoms with Gasteiger partial charge in [0, 0.05) is 35.6 Å². The zero-order chi connectivity index (χ0) is 22.5. The van der Waals surface area contributed by atoms with Gasteiger partial charge in [-0.3, -0.25) is 9.59 Å². The Bertz CT molecular complexity index is 1170. The Kier molecular flexibility index (Phi) is 7.13. The molecule has 3 rings (SSSR count). The molecule has 0 atom stereocenters. The van der Waals surface area contributed by atoms with Crippen LogP contribution in [-0.4, -0.2) is 28.9 Å². The van der Waals surface area contributed by atoms with E-state index in [1.807, 2.05) is 86.4 Å². The minimum absolute atomic E-state index is 0.0435. The highest BCUT2D eigenvalue weighted by atomic mass is 35.5. The molecule has 0 saturated carbocycles. The van der Waals surface area contributed by atoms with E-state index in [2.05, 4.69) is 4.98 Å². The lowest BCUT2D eigenvalue weighted by Gasteiger charge is -2.18. The van der Waals surface area contributed by atoms with Gasteiger partial charge in [0.05, 0.1) is 0 Å². The molecule has 0 aliphatic rings. The van der Waals surface area contributed by atoms with E-state index in [0.29, 0.717) is 29.9 Å². The maximum atomic E-state index is 12.6. The molecule has 1 heterocycles. The number of nitrogens with zero attached hydrogens (tertiary/aromatic N) is 1. The fraction of sp³-hybridized carbons (Fsp3) is 0.231. The van der Waals surface area contributed by atoms with Gasteiger partial charge in [-0.2, -0.15) is 0 Å². The molecule has 1 amide bonds. The van der Waals surface area contributed by atoms with Crippen LogP contribution in [0.4, 0.5) is 0 Å². The first kappa shape index (κ1) is 22.6. The normalized spacial score (nSPS) is 11.1. The van der Waals surface area contributed by atoms with Crippen LogP contribution in [0.2, 0.25) is 5.02 Å². The Hall–Kier alpha value is -3.11. The standard InChI is InChI=1S/C26H27ClN2O2/c1-5-29(6-2)26(31)22-9-7-8-20(16-22)11-10-19-12-14-21(15-13-19)23-17(3)28-18(4)24(27)25(23)30/h7-16H,5-6H2,1-4H3,(H,28,30)/b11-10+. The molecule has 0 fully saturated rings. The van der Waals surface area contributed by atoms with Crippen LogP contribution in [0.1, 0.15) is 46.7 Å². The lowest BCUT2D eigenvalue weighted by atomic mass is 10.0. The first-order valence-corrected chi connectivity index (χ1v) is 10.8. The summed E-state index contributed by atoms with van der Waals surface area (Å²) in [6.07, 6.45) is 3.97. The molecule has 2 aromatic carbocycles. The van der Waals surface area contributed by atoms with Gasteiger partial charge in [-0.25, -0.2) is 0 Å². The van der Waals surface area contributed by atoms with E-state index in [1.165, 1.54) is 0 Å². The quantitative estimate of drug-likeness (QED) is 0.486. The molecule has 5 heteroatoms. The number of hydrogen-bond donors (Lipinski definition) is 1. The summed E-state index contributed by atoms with van der Waals surface area (Å²) in [5, 5.41) is 0.226. The van der Waals surface area contributed by atoms with Crippen molar-refractivity contribution in [1.82, 2.24) is 9.88 Å². The van der Waals surface area contributed by atoms with Gasteiger partial charge in [-0.1, -0.05) is 60.2 Å². The average Bonchev–Trinajstić information content (AvgIpc) is 2.78. The maximum Gasteiger partial charge on any atom is 0.253 e. The summed E-state index contributed by atoms with van der Waals surface area (Å²) in [5.41, 5.74) is 5.37. The van der Waals surface area contributed by atoms with Gasteiger partial charge >= 0.3 is 0 Å². The number of hydrogen-bond acceptors (Lipinski definition) is 2. The first-order valence-electron chi connectivity index (χ1n) is 10.4. The second-order valence-electron chi connectivity index (χ2n) is 7.45. The van der Waals surface area contributed by atoms with Crippen molar-refractivity contribution in [3.63, 3.8) is 0 Å². The number of carbonyl (C=O) groups excluding carboxylic acids is 1. The Balaban J connectivity index is 1.83. The highest BCUT2D eigenvalue weighted by molar-refractivity contribution is 6.31. The minimum atomic E-state index is -0.159. The molecular weight excluding hydrogens is 408 g/mol. The van der Waals surface area contributed by atoms with Crippen molar-refractivity contribution in [3.8, 4) is 11.1 Å². The second-order valence-corrected chi connectivity index (χ2v) is 7.83. The highest BCUT2D eigenvalue weighted by Crippen LogP contribution is 2.23.